The molecule has 0 amide bonds. The predicted octanol–water partition coefficient (Wildman–Crippen LogP) is 16.6. The van der Waals surface area contributed by atoms with E-state index in [9.17, 15) is 19.0 Å². The van der Waals surface area contributed by atoms with Crippen molar-refractivity contribution in [1.82, 2.24) is 0 Å². The summed E-state index contributed by atoms with van der Waals surface area (Å²) in [5.41, 5.74) is 0. The number of hydrogen-bond acceptors (Lipinski definition) is 8. The molecule has 0 heterocycles. The van der Waals surface area contributed by atoms with Crippen LogP contribution in [-0.2, 0) is 32.7 Å². The van der Waals surface area contributed by atoms with E-state index >= 15 is 0 Å². The first-order valence-electron chi connectivity index (χ1n) is 28.4. The normalized spacial score (nSPS) is 13.4. The fourth-order valence-electron chi connectivity index (χ4n) is 8.36. The molecule has 392 valence electrons. The van der Waals surface area contributed by atoms with Gasteiger partial charge in [0, 0.05) is 12.8 Å². The number of unbranched alkanes of at least 4 members (excludes halogenated alkanes) is 37. The van der Waals surface area contributed by atoms with Crippen molar-refractivity contribution in [2.24, 2.45) is 0 Å². The summed E-state index contributed by atoms with van der Waals surface area (Å²) >= 11 is 0. The Hall–Kier alpha value is -1.25. The number of carbonyl (C=O) groups excluding carboxylic acids is 2. The van der Waals surface area contributed by atoms with Crippen LogP contribution in [0.4, 0.5) is 0 Å². The Morgan fingerprint density at radius 2 is 0.773 bits per heavy atom. The quantitative estimate of drug-likeness (QED) is 0.0195. The van der Waals surface area contributed by atoms with E-state index in [0.29, 0.717) is 17.4 Å². The maximum Gasteiger partial charge on any atom is 0.306 e. The van der Waals surface area contributed by atoms with E-state index in [1.54, 1.807) is 0 Å². The van der Waals surface area contributed by atoms with Crippen molar-refractivity contribution >= 4 is 19.8 Å². The summed E-state index contributed by atoms with van der Waals surface area (Å²) in [5, 5.41) is 0. The summed E-state index contributed by atoms with van der Waals surface area (Å²) in [6, 6.07) is 0. The van der Waals surface area contributed by atoms with Crippen LogP contribution >= 0.6 is 7.82 Å². The van der Waals surface area contributed by atoms with Crippen molar-refractivity contribution < 1.29 is 42.1 Å². The highest BCUT2D eigenvalue weighted by Gasteiger charge is 2.22. The molecular formula is C56H110NO8P. The molecule has 2 unspecified atom stereocenters. The van der Waals surface area contributed by atoms with Gasteiger partial charge in [-0.1, -0.05) is 244 Å². The molecule has 10 heteroatoms. The largest absolute Gasteiger partial charge is 0.756 e. The molecular weight excluding hydrogens is 846 g/mol. The molecule has 0 aliphatic rings. The molecule has 0 radical (unpaired) electrons. The van der Waals surface area contributed by atoms with Crippen molar-refractivity contribution in [3.05, 3.63) is 12.2 Å². The highest BCUT2D eigenvalue weighted by atomic mass is 31.2. The van der Waals surface area contributed by atoms with Crippen molar-refractivity contribution in [3.63, 3.8) is 0 Å². The smallest absolute Gasteiger partial charge is 0.306 e. The highest BCUT2D eigenvalue weighted by molar-refractivity contribution is 7.45. The molecule has 0 aromatic rings. The van der Waals surface area contributed by atoms with Crippen LogP contribution in [0.25, 0.3) is 0 Å². The molecule has 0 aromatic heterocycles. The van der Waals surface area contributed by atoms with Gasteiger partial charge in [0.25, 0.3) is 7.82 Å². The zero-order valence-electron chi connectivity index (χ0n) is 44.4. The first kappa shape index (κ1) is 64.8. The Balaban J connectivity index is 4.06. The summed E-state index contributed by atoms with van der Waals surface area (Å²) in [6.07, 6.45) is 55.5. The standard InChI is InChI=1S/C56H110NO8P/c1-6-8-10-12-14-16-18-20-22-23-24-25-26-27-28-29-30-31-32-33-35-36-38-40-42-44-46-48-55(58)62-52-54(53-64-66(60,61)63-51-50-57(3,4)5)65-56(59)49-47-45-43-41-39-37-34-21-19-17-15-13-11-9-7-2/h21,34,54H,6-20,22-33,35-53H2,1-5H3/b34-21-. The third-order valence-corrected chi connectivity index (χ3v) is 13.7. The number of nitrogens with zero attached hydrogens (tertiary/aromatic N) is 1. The summed E-state index contributed by atoms with van der Waals surface area (Å²) in [7, 11) is 1.18. The minimum absolute atomic E-state index is 0.0289. The molecule has 0 aliphatic carbocycles. The zero-order chi connectivity index (χ0) is 48.5. The van der Waals surface area contributed by atoms with Crippen LogP contribution in [0.2, 0.25) is 0 Å². The molecule has 66 heavy (non-hydrogen) atoms. The summed E-state index contributed by atoms with van der Waals surface area (Å²) in [6.45, 7) is 4.27. The Bertz CT molecular complexity index is 1130. The SMILES string of the molecule is CCCCCCCC/C=C\CCCCCCCC(=O)OC(COC(=O)CCCCCCCCCCCCCCCCCCCCCCCCCCCCC)COP(=O)([O-])OCC[N+](C)(C)C. The van der Waals surface area contributed by atoms with Crippen LogP contribution in [0.3, 0.4) is 0 Å². The average molecular weight is 956 g/mol. The van der Waals surface area contributed by atoms with Gasteiger partial charge in [0.1, 0.15) is 19.8 Å². The Kier molecular flexibility index (Phi) is 47.8. The lowest BCUT2D eigenvalue weighted by Gasteiger charge is -2.28. The van der Waals surface area contributed by atoms with Crippen molar-refractivity contribution in [2.45, 2.75) is 290 Å². The molecule has 2 atom stereocenters. The second-order valence-electron chi connectivity index (χ2n) is 20.7. The predicted molar refractivity (Wildman–Crippen MR) is 278 cm³/mol. The lowest BCUT2D eigenvalue weighted by Crippen LogP contribution is -2.37. The van der Waals surface area contributed by atoms with Gasteiger partial charge in [-0.25, -0.2) is 0 Å². The van der Waals surface area contributed by atoms with E-state index in [0.717, 1.165) is 51.4 Å². The van der Waals surface area contributed by atoms with Crippen LogP contribution in [0.1, 0.15) is 284 Å². The Labute approximate surface area is 409 Å². The maximum atomic E-state index is 12.7. The number of allylic oxidation sites excluding steroid dienone is 2. The van der Waals surface area contributed by atoms with Crippen LogP contribution < -0.4 is 4.89 Å². The third kappa shape index (κ3) is 52.1. The maximum absolute atomic E-state index is 12.7. The zero-order valence-corrected chi connectivity index (χ0v) is 45.3. The second kappa shape index (κ2) is 48.8. The Morgan fingerprint density at radius 3 is 1.12 bits per heavy atom. The minimum Gasteiger partial charge on any atom is -0.756 e. The van der Waals surface area contributed by atoms with Gasteiger partial charge in [0.05, 0.1) is 27.7 Å². The third-order valence-electron chi connectivity index (χ3n) is 12.8. The van der Waals surface area contributed by atoms with Gasteiger partial charge in [-0.2, -0.15) is 0 Å². The highest BCUT2D eigenvalue weighted by Crippen LogP contribution is 2.38. The van der Waals surface area contributed by atoms with Gasteiger partial charge in [-0.3, -0.25) is 14.2 Å². The fraction of sp³-hybridized carbons (Fsp3) is 0.929. The average Bonchev–Trinajstić information content (AvgIpc) is 3.27. The van der Waals surface area contributed by atoms with Gasteiger partial charge in [0.15, 0.2) is 6.10 Å². The number of quaternary nitrogens is 1. The van der Waals surface area contributed by atoms with Gasteiger partial charge < -0.3 is 27.9 Å². The van der Waals surface area contributed by atoms with E-state index < -0.39 is 26.5 Å². The van der Waals surface area contributed by atoms with Crippen LogP contribution in [-0.4, -0.2) is 70.0 Å². The number of esters is 2. The number of likely N-dealkylation sites (N-methyl/N-ethyl adjacent to an activating group) is 1. The number of carbonyl (C=O) groups is 2. The van der Waals surface area contributed by atoms with Crippen molar-refractivity contribution in [2.75, 3.05) is 47.5 Å². The van der Waals surface area contributed by atoms with Crippen molar-refractivity contribution in [1.29, 1.82) is 0 Å². The van der Waals surface area contributed by atoms with E-state index in [4.69, 9.17) is 18.5 Å². The van der Waals surface area contributed by atoms with E-state index in [1.165, 1.54) is 199 Å². The van der Waals surface area contributed by atoms with E-state index in [-0.39, 0.29) is 32.0 Å². The molecule has 0 aromatic carbocycles. The van der Waals surface area contributed by atoms with Gasteiger partial charge >= 0.3 is 11.9 Å². The molecule has 0 spiro atoms. The molecule has 0 saturated carbocycles. The molecule has 0 bridgehead atoms. The summed E-state index contributed by atoms with van der Waals surface area (Å²) in [5.74, 6) is -0.827. The second-order valence-corrected chi connectivity index (χ2v) is 22.1. The number of rotatable bonds is 53. The first-order valence-corrected chi connectivity index (χ1v) is 29.9. The number of ether oxygens (including phenoxy) is 2. The number of hydrogen-bond donors (Lipinski definition) is 0. The van der Waals surface area contributed by atoms with E-state index in [1.807, 2.05) is 21.1 Å². The van der Waals surface area contributed by atoms with Crippen molar-refractivity contribution in [3.8, 4) is 0 Å². The molecule has 0 N–H and O–H groups in total. The van der Waals surface area contributed by atoms with Crippen LogP contribution in [0.5, 0.6) is 0 Å². The molecule has 0 aliphatic heterocycles. The van der Waals surface area contributed by atoms with Gasteiger partial charge in [-0.15, -0.1) is 0 Å². The van der Waals surface area contributed by atoms with Gasteiger partial charge in [0.2, 0.25) is 0 Å². The molecule has 0 rings (SSSR count). The fourth-order valence-corrected chi connectivity index (χ4v) is 9.09. The Morgan fingerprint density at radius 1 is 0.455 bits per heavy atom. The van der Waals surface area contributed by atoms with Gasteiger partial charge in [-0.05, 0) is 38.5 Å². The topological polar surface area (TPSA) is 111 Å². The monoisotopic (exact) mass is 956 g/mol. The number of phosphoric ester groups is 1. The minimum atomic E-state index is -4.63. The lowest BCUT2D eigenvalue weighted by molar-refractivity contribution is -0.870. The molecule has 0 saturated heterocycles. The lowest BCUT2D eigenvalue weighted by atomic mass is 10.0. The van der Waals surface area contributed by atoms with Crippen LogP contribution in [0.15, 0.2) is 12.2 Å². The molecule has 0 fully saturated rings. The summed E-state index contributed by atoms with van der Waals surface area (Å²) in [4.78, 5) is 37.8. The molecule has 9 nitrogen and oxygen atoms in total. The van der Waals surface area contributed by atoms with Crippen LogP contribution in [0, 0.1) is 0 Å². The first-order chi connectivity index (χ1) is 32.0. The van der Waals surface area contributed by atoms with E-state index in [2.05, 4.69) is 26.0 Å². The summed E-state index contributed by atoms with van der Waals surface area (Å²) < 4.78 is 34.1. The number of phosphoric acid groups is 1.